The smallest absolute Gasteiger partial charge is 0.147 e. The van der Waals surface area contributed by atoms with E-state index in [1.807, 2.05) is 13.2 Å². The van der Waals surface area contributed by atoms with Gasteiger partial charge in [-0.15, -0.1) is 0 Å². The van der Waals surface area contributed by atoms with Crippen LogP contribution in [0.1, 0.15) is 5.69 Å². The average Bonchev–Trinajstić information content (AvgIpc) is 1.78. The summed E-state index contributed by atoms with van der Waals surface area (Å²) in [4.78, 5) is 3.96. The van der Waals surface area contributed by atoms with Crippen LogP contribution in [0.3, 0.4) is 0 Å². The number of nitrogens with zero attached hydrogens (tertiary/aromatic N) is 1. The minimum atomic E-state index is 0.869. The first-order chi connectivity index (χ1) is 4.38. The quantitative estimate of drug-likeness (QED) is 0.358. The molecule has 1 heterocycles. The Kier molecular flexibility index (Phi) is 1.58. The van der Waals surface area contributed by atoms with Gasteiger partial charge in [-0.2, -0.15) is 0 Å². The zero-order chi connectivity index (χ0) is 6.69. The fraction of sp³-hybridized carbons (Fsp3) is 0.400. The Hall–Kier alpha value is -1.19. The van der Waals surface area contributed by atoms with E-state index in [4.69, 9.17) is 0 Å². The summed E-state index contributed by atoms with van der Waals surface area (Å²) in [7, 11) is 3.58. The third-order valence-electron chi connectivity index (χ3n) is 1.14. The van der Waals surface area contributed by atoms with Crippen LogP contribution in [0.4, 0.5) is 0 Å². The number of aliphatic imine (C=N–C) groups is 1. The van der Waals surface area contributed by atoms with Crippen LogP contribution in [0, 0.1) is 0 Å². The average molecular weight is 126 g/mol. The highest BCUT2D eigenvalue weighted by Crippen LogP contribution is 1.90. The SMILES string of the molecule is CN=C(NC)c1c[nH][nH]1. The Morgan fingerprint density at radius 3 is 2.56 bits per heavy atom. The van der Waals surface area contributed by atoms with Gasteiger partial charge in [0.25, 0.3) is 0 Å². The fourth-order valence-electron chi connectivity index (χ4n) is 0.639. The molecule has 0 spiro atoms. The molecule has 1 aromatic rings. The van der Waals surface area contributed by atoms with Gasteiger partial charge in [0, 0.05) is 20.3 Å². The lowest BCUT2D eigenvalue weighted by Gasteiger charge is -2.05. The zero-order valence-corrected chi connectivity index (χ0v) is 5.52. The largest absolute Gasteiger partial charge is 0.372 e. The number of hydrogen-bond acceptors (Lipinski definition) is 1. The van der Waals surface area contributed by atoms with E-state index in [-0.39, 0.29) is 0 Å². The van der Waals surface area contributed by atoms with Crippen molar-refractivity contribution < 1.29 is 0 Å². The molecule has 0 bridgehead atoms. The highest BCUT2D eigenvalue weighted by Gasteiger charge is 1.99. The summed E-state index contributed by atoms with van der Waals surface area (Å²) >= 11 is 0. The summed E-state index contributed by atoms with van der Waals surface area (Å²) in [6.07, 6.45) is 1.85. The molecule has 1 rings (SSSR count). The van der Waals surface area contributed by atoms with E-state index >= 15 is 0 Å². The van der Waals surface area contributed by atoms with E-state index in [0.29, 0.717) is 0 Å². The van der Waals surface area contributed by atoms with Crippen molar-refractivity contribution in [2.75, 3.05) is 14.1 Å². The van der Waals surface area contributed by atoms with E-state index in [2.05, 4.69) is 20.5 Å². The van der Waals surface area contributed by atoms with Crippen molar-refractivity contribution >= 4 is 5.84 Å². The monoisotopic (exact) mass is 126 g/mol. The van der Waals surface area contributed by atoms with Gasteiger partial charge in [0.15, 0.2) is 0 Å². The second kappa shape index (κ2) is 2.39. The van der Waals surface area contributed by atoms with Crippen LogP contribution in [0.2, 0.25) is 0 Å². The number of aromatic amines is 2. The molecule has 50 valence electrons. The third kappa shape index (κ3) is 0.960. The van der Waals surface area contributed by atoms with Gasteiger partial charge in [0.05, 0.1) is 0 Å². The second-order valence-electron chi connectivity index (χ2n) is 1.65. The van der Waals surface area contributed by atoms with E-state index < -0.39 is 0 Å². The number of hydrogen-bond donors (Lipinski definition) is 3. The molecular formula is C5H10N4. The number of aromatic nitrogens is 2. The van der Waals surface area contributed by atoms with Crippen LogP contribution in [-0.4, -0.2) is 30.1 Å². The van der Waals surface area contributed by atoms with E-state index in [1.165, 1.54) is 0 Å². The molecule has 0 aliphatic heterocycles. The van der Waals surface area contributed by atoms with E-state index in [1.54, 1.807) is 7.05 Å². The van der Waals surface area contributed by atoms with Crippen molar-refractivity contribution in [2.45, 2.75) is 0 Å². The van der Waals surface area contributed by atoms with Gasteiger partial charge in [-0.25, -0.2) is 0 Å². The first-order valence-electron chi connectivity index (χ1n) is 2.75. The van der Waals surface area contributed by atoms with Crippen LogP contribution in [0.25, 0.3) is 0 Å². The molecule has 1 aromatic heterocycles. The molecule has 0 atom stereocenters. The maximum absolute atomic E-state index is 3.96. The predicted molar refractivity (Wildman–Crippen MR) is 36.7 cm³/mol. The summed E-state index contributed by atoms with van der Waals surface area (Å²) in [5, 5.41) is 8.58. The molecule has 0 unspecified atom stereocenters. The Morgan fingerprint density at radius 2 is 2.44 bits per heavy atom. The summed E-state index contributed by atoms with van der Waals surface area (Å²) in [5.74, 6) is 0.869. The topological polar surface area (TPSA) is 56.0 Å². The molecule has 0 aliphatic rings. The maximum Gasteiger partial charge on any atom is 0.147 e. The molecule has 0 radical (unpaired) electrons. The van der Waals surface area contributed by atoms with Crippen LogP contribution in [0.5, 0.6) is 0 Å². The first kappa shape index (κ1) is 5.94. The molecule has 0 saturated carbocycles. The highest BCUT2D eigenvalue weighted by molar-refractivity contribution is 5.96. The van der Waals surface area contributed by atoms with Gasteiger partial charge in [-0.3, -0.25) is 10.1 Å². The number of nitrogens with one attached hydrogen (secondary N) is 3. The molecule has 4 heteroatoms. The van der Waals surface area contributed by atoms with E-state index in [9.17, 15) is 0 Å². The molecule has 0 fully saturated rings. The summed E-state index contributed by atoms with van der Waals surface area (Å²) < 4.78 is 0. The summed E-state index contributed by atoms with van der Waals surface area (Å²) in [6, 6.07) is 0. The summed E-state index contributed by atoms with van der Waals surface area (Å²) in [6.45, 7) is 0. The first-order valence-corrected chi connectivity index (χ1v) is 2.75. The highest BCUT2D eigenvalue weighted by atomic mass is 15.2. The van der Waals surface area contributed by atoms with Crippen molar-refractivity contribution in [1.29, 1.82) is 0 Å². The fourth-order valence-corrected chi connectivity index (χ4v) is 0.639. The summed E-state index contributed by atoms with van der Waals surface area (Å²) in [5.41, 5.74) is 1.00. The third-order valence-corrected chi connectivity index (χ3v) is 1.14. The minimum Gasteiger partial charge on any atom is -0.372 e. The number of H-pyrrole nitrogens is 2. The molecule has 0 saturated heterocycles. The van der Waals surface area contributed by atoms with Gasteiger partial charge >= 0.3 is 0 Å². The lowest BCUT2D eigenvalue weighted by Crippen LogP contribution is -2.22. The van der Waals surface area contributed by atoms with Crippen molar-refractivity contribution in [1.82, 2.24) is 15.5 Å². The molecule has 3 N–H and O–H groups in total. The van der Waals surface area contributed by atoms with Crippen LogP contribution < -0.4 is 5.32 Å². The maximum atomic E-state index is 3.96. The normalized spacial score (nSPS) is 12.0. The molecule has 0 amide bonds. The van der Waals surface area contributed by atoms with Crippen molar-refractivity contribution in [3.63, 3.8) is 0 Å². The Bertz CT molecular complexity index is 186. The Morgan fingerprint density at radius 1 is 1.78 bits per heavy atom. The Balaban J connectivity index is 2.67. The van der Waals surface area contributed by atoms with E-state index in [0.717, 1.165) is 11.5 Å². The van der Waals surface area contributed by atoms with Crippen LogP contribution >= 0.6 is 0 Å². The Labute approximate surface area is 53.4 Å². The van der Waals surface area contributed by atoms with Crippen molar-refractivity contribution in [3.05, 3.63) is 11.9 Å². The molecular weight excluding hydrogens is 116 g/mol. The molecule has 4 nitrogen and oxygen atoms in total. The molecule has 0 aliphatic carbocycles. The van der Waals surface area contributed by atoms with Crippen molar-refractivity contribution in [2.24, 2.45) is 4.99 Å². The van der Waals surface area contributed by atoms with Gasteiger partial charge in [0.1, 0.15) is 11.5 Å². The second-order valence-corrected chi connectivity index (χ2v) is 1.65. The zero-order valence-electron chi connectivity index (χ0n) is 5.52. The van der Waals surface area contributed by atoms with Gasteiger partial charge in [0.2, 0.25) is 0 Å². The predicted octanol–water partition coefficient (Wildman–Crippen LogP) is -0.0614. The van der Waals surface area contributed by atoms with Crippen molar-refractivity contribution in [3.8, 4) is 0 Å². The lowest BCUT2D eigenvalue weighted by molar-refractivity contribution is 0.925. The minimum absolute atomic E-state index is 0.869. The van der Waals surface area contributed by atoms with Crippen LogP contribution in [0.15, 0.2) is 11.2 Å². The molecule has 0 aromatic carbocycles. The molecule has 9 heavy (non-hydrogen) atoms. The standard InChI is InChI=1S/C5H10N4/c1-6-5(7-2)4-3-8-9-4/h3,8-9H,1-2H3,(H,6,7). The number of amidine groups is 1. The van der Waals surface area contributed by atoms with Gasteiger partial charge in [-0.05, 0) is 0 Å². The van der Waals surface area contributed by atoms with Gasteiger partial charge < -0.3 is 10.4 Å². The van der Waals surface area contributed by atoms with Gasteiger partial charge in [-0.1, -0.05) is 0 Å². The van der Waals surface area contributed by atoms with Crippen LogP contribution in [-0.2, 0) is 0 Å². The lowest BCUT2D eigenvalue weighted by atomic mass is 10.4. The number of rotatable bonds is 1.